The standard InChI is InChI=1S/C17H19N3O4/c1-12-15(22-11-19-12)16(21)20-9-17(10-20)7-13(4-6-23-17)24-14-3-2-5-18-8-14/h2-3,5,8,11,13H,4,6-7,9-10H2,1H3/t13-/m1/s1. The Hall–Kier alpha value is -2.41. The van der Waals surface area contributed by atoms with Crippen molar-refractivity contribution < 1.29 is 18.7 Å². The van der Waals surface area contributed by atoms with Crippen LogP contribution in [0, 0.1) is 6.92 Å². The van der Waals surface area contributed by atoms with Crippen molar-refractivity contribution in [2.24, 2.45) is 0 Å². The first-order chi connectivity index (χ1) is 11.7. The van der Waals surface area contributed by atoms with Crippen LogP contribution in [0.5, 0.6) is 5.75 Å². The van der Waals surface area contributed by atoms with Gasteiger partial charge in [-0.15, -0.1) is 0 Å². The Bertz CT molecular complexity index is 724. The summed E-state index contributed by atoms with van der Waals surface area (Å²) in [4.78, 5) is 22.2. The molecular weight excluding hydrogens is 310 g/mol. The van der Waals surface area contributed by atoms with Gasteiger partial charge in [-0.25, -0.2) is 4.98 Å². The van der Waals surface area contributed by atoms with Gasteiger partial charge >= 0.3 is 0 Å². The van der Waals surface area contributed by atoms with Crippen molar-refractivity contribution in [2.45, 2.75) is 31.5 Å². The molecule has 1 amide bonds. The number of ether oxygens (including phenoxy) is 2. The molecule has 0 bridgehead atoms. The molecule has 0 unspecified atom stereocenters. The van der Waals surface area contributed by atoms with Crippen LogP contribution in [0.4, 0.5) is 0 Å². The number of carbonyl (C=O) groups is 1. The van der Waals surface area contributed by atoms with E-state index in [1.807, 2.05) is 12.1 Å². The van der Waals surface area contributed by atoms with E-state index in [-0.39, 0.29) is 17.6 Å². The minimum atomic E-state index is -0.311. The van der Waals surface area contributed by atoms with E-state index >= 15 is 0 Å². The zero-order valence-corrected chi connectivity index (χ0v) is 13.5. The summed E-state index contributed by atoms with van der Waals surface area (Å²) in [5.74, 6) is 0.947. The molecule has 0 aromatic carbocycles. The lowest BCUT2D eigenvalue weighted by molar-refractivity contribution is -0.174. The fraction of sp³-hybridized carbons (Fsp3) is 0.471. The van der Waals surface area contributed by atoms with Gasteiger partial charge in [-0.05, 0) is 19.1 Å². The molecule has 1 spiro atoms. The number of amides is 1. The predicted octanol–water partition coefficient (Wildman–Crippen LogP) is 1.83. The molecule has 2 aliphatic rings. The van der Waals surface area contributed by atoms with Crippen molar-refractivity contribution in [3.8, 4) is 5.75 Å². The first-order valence-corrected chi connectivity index (χ1v) is 8.05. The molecular formula is C17H19N3O4. The number of likely N-dealkylation sites (tertiary alicyclic amines) is 1. The molecule has 7 heteroatoms. The maximum absolute atomic E-state index is 12.4. The van der Waals surface area contributed by atoms with E-state index < -0.39 is 0 Å². The molecule has 2 aliphatic heterocycles. The number of carbonyl (C=O) groups excluding carboxylic acids is 1. The average molecular weight is 329 g/mol. The smallest absolute Gasteiger partial charge is 0.291 e. The lowest BCUT2D eigenvalue weighted by Crippen LogP contribution is -2.67. The van der Waals surface area contributed by atoms with Gasteiger partial charge in [-0.2, -0.15) is 0 Å². The van der Waals surface area contributed by atoms with Crippen LogP contribution >= 0.6 is 0 Å². The lowest BCUT2D eigenvalue weighted by atomic mass is 9.84. The van der Waals surface area contributed by atoms with Crippen molar-refractivity contribution in [2.75, 3.05) is 19.7 Å². The second-order valence-electron chi connectivity index (χ2n) is 6.38. The van der Waals surface area contributed by atoms with E-state index in [1.54, 1.807) is 24.2 Å². The molecule has 2 fully saturated rings. The maximum atomic E-state index is 12.4. The number of aromatic nitrogens is 2. The molecule has 2 aromatic rings. The third-order valence-corrected chi connectivity index (χ3v) is 4.57. The Labute approximate surface area is 139 Å². The topological polar surface area (TPSA) is 77.7 Å². The molecule has 2 aromatic heterocycles. The highest BCUT2D eigenvalue weighted by atomic mass is 16.5. The van der Waals surface area contributed by atoms with Crippen LogP contribution in [-0.4, -0.2) is 52.2 Å². The highest BCUT2D eigenvalue weighted by molar-refractivity contribution is 5.93. The second kappa shape index (κ2) is 5.90. The summed E-state index contributed by atoms with van der Waals surface area (Å²) in [6.07, 6.45) is 6.41. The van der Waals surface area contributed by atoms with Gasteiger partial charge in [0.05, 0.1) is 31.6 Å². The van der Waals surface area contributed by atoms with Crippen molar-refractivity contribution in [3.05, 3.63) is 42.4 Å². The zero-order valence-electron chi connectivity index (χ0n) is 13.5. The van der Waals surface area contributed by atoms with Crippen molar-refractivity contribution in [1.29, 1.82) is 0 Å². The summed E-state index contributed by atoms with van der Waals surface area (Å²) >= 11 is 0. The first kappa shape index (κ1) is 15.1. The molecule has 7 nitrogen and oxygen atoms in total. The average Bonchev–Trinajstić information content (AvgIpc) is 2.99. The van der Waals surface area contributed by atoms with E-state index in [0.717, 1.165) is 18.6 Å². The highest BCUT2D eigenvalue weighted by Crippen LogP contribution is 2.36. The number of hydrogen-bond donors (Lipinski definition) is 0. The van der Waals surface area contributed by atoms with E-state index in [9.17, 15) is 4.79 Å². The van der Waals surface area contributed by atoms with Crippen LogP contribution < -0.4 is 4.74 Å². The third-order valence-electron chi connectivity index (χ3n) is 4.57. The van der Waals surface area contributed by atoms with Gasteiger partial charge < -0.3 is 18.8 Å². The molecule has 2 saturated heterocycles. The van der Waals surface area contributed by atoms with E-state index in [4.69, 9.17) is 13.9 Å². The van der Waals surface area contributed by atoms with Gasteiger partial charge in [0, 0.05) is 19.0 Å². The Morgan fingerprint density at radius 3 is 3.04 bits per heavy atom. The molecule has 0 N–H and O–H groups in total. The zero-order chi connectivity index (χ0) is 16.6. The van der Waals surface area contributed by atoms with E-state index in [0.29, 0.717) is 31.2 Å². The Balaban J connectivity index is 1.37. The number of rotatable bonds is 3. The molecule has 24 heavy (non-hydrogen) atoms. The number of nitrogens with zero attached hydrogens (tertiary/aromatic N) is 3. The first-order valence-electron chi connectivity index (χ1n) is 8.05. The second-order valence-corrected chi connectivity index (χ2v) is 6.38. The third kappa shape index (κ3) is 2.75. The summed E-state index contributed by atoms with van der Waals surface area (Å²) in [6, 6.07) is 3.76. The van der Waals surface area contributed by atoms with Gasteiger partial charge in [-0.1, -0.05) is 0 Å². The largest absolute Gasteiger partial charge is 0.489 e. The van der Waals surface area contributed by atoms with Gasteiger partial charge in [0.15, 0.2) is 6.39 Å². The lowest BCUT2D eigenvalue weighted by Gasteiger charge is -2.52. The highest BCUT2D eigenvalue weighted by Gasteiger charge is 2.50. The molecule has 1 atom stereocenters. The summed E-state index contributed by atoms with van der Waals surface area (Å²) in [5.41, 5.74) is 0.303. The van der Waals surface area contributed by atoms with Gasteiger partial charge in [0.1, 0.15) is 17.5 Å². The van der Waals surface area contributed by atoms with Crippen LogP contribution in [0.15, 0.2) is 35.3 Å². The number of hydrogen-bond acceptors (Lipinski definition) is 6. The van der Waals surface area contributed by atoms with Crippen molar-refractivity contribution in [3.63, 3.8) is 0 Å². The summed E-state index contributed by atoms with van der Waals surface area (Å²) < 4.78 is 17.1. The Morgan fingerprint density at radius 2 is 2.33 bits per heavy atom. The molecule has 0 aliphatic carbocycles. The number of pyridine rings is 1. The monoisotopic (exact) mass is 329 g/mol. The maximum Gasteiger partial charge on any atom is 0.291 e. The van der Waals surface area contributed by atoms with Crippen LogP contribution in [0.25, 0.3) is 0 Å². The van der Waals surface area contributed by atoms with E-state index in [2.05, 4.69) is 9.97 Å². The predicted molar refractivity (Wildman–Crippen MR) is 83.7 cm³/mol. The normalized spacial score (nSPS) is 22.2. The van der Waals surface area contributed by atoms with Crippen molar-refractivity contribution in [1.82, 2.24) is 14.9 Å². The van der Waals surface area contributed by atoms with Crippen molar-refractivity contribution >= 4 is 5.91 Å². The van der Waals surface area contributed by atoms with Gasteiger partial charge in [0.2, 0.25) is 5.76 Å². The Morgan fingerprint density at radius 1 is 1.46 bits per heavy atom. The molecule has 126 valence electrons. The number of aryl methyl sites for hydroxylation is 1. The van der Waals surface area contributed by atoms with Crippen LogP contribution in [0.3, 0.4) is 0 Å². The summed E-state index contributed by atoms with van der Waals surface area (Å²) in [5, 5.41) is 0. The van der Waals surface area contributed by atoms with E-state index in [1.165, 1.54) is 6.39 Å². The SMILES string of the molecule is Cc1ncoc1C(=O)N1CC2(C[C@H](Oc3cccnc3)CCO2)C1. The van der Waals surface area contributed by atoms with Crippen LogP contribution in [-0.2, 0) is 4.74 Å². The molecule has 0 radical (unpaired) electrons. The summed E-state index contributed by atoms with van der Waals surface area (Å²) in [6.45, 7) is 3.51. The quantitative estimate of drug-likeness (QED) is 0.855. The minimum Gasteiger partial charge on any atom is -0.489 e. The van der Waals surface area contributed by atoms with Crippen LogP contribution in [0.2, 0.25) is 0 Å². The number of oxazole rings is 1. The van der Waals surface area contributed by atoms with Gasteiger partial charge in [0.25, 0.3) is 5.91 Å². The van der Waals surface area contributed by atoms with Gasteiger partial charge in [-0.3, -0.25) is 9.78 Å². The molecule has 4 rings (SSSR count). The molecule has 4 heterocycles. The minimum absolute atomic E-state index is 0.0761. The van der Waals surface area contributed by atoms with Crippen LogP contribution in [0.1, 0.15) is 29.1 Å². The fourth-order valence-corrected chi connectivity index (χ4v) is 3.36. The fourth-order valence-electron chi connectivity index (χ4n) is 3.36. The summed E-state index contributed by atoms with van der Waals surface area (Å²) in [7, 11) is 0. The Kier molecular flexibility index (Phi) is 3.72. The molecule has 0 saturated carbocycles.